The highest BCUT2D eigenvalue weighted by molar-refractivity contribution is 7.49. The van der Waals surface area contributed by atoms with E-state index in [0.29, 0.717) is 19.6 Å². The highest BCUT2D eigenvalue weighted by Gasteiger charge is 2.60. The molecule has 3 aliphatic rings. The molecule has 14 heteroatoms. The van der Waals surface area contributed by atoms with Crippen LogP contribution in [0.1, 0.15) is 40.0 Å². The number of esters is 1. The van der Waals surface area contributed by atoms with E-state index in [4.69, 9.17) is 32.5 Å². The third-order valence-electron chi connectivity index (χ3n) is 6.49. The van der Waals surface area contributed by atoms with Crippen LogP contribution in [0.3, 0.4) is 0 Å². The molecular weight excluding hydrogens is 552 g/mol. The van der Waals surface area contributed by atoms with Crippen LogP contribution in [0.25, 0.3) is 0 Å². The molecule has 220 valence electrons. The molecule has 2 fully saturated rings. The Hall–Kier alpha value is -2.67. The number of halogens is 1. The van der Waals surface area contributed by atoms with E-state index >= 15 is 4.39 Å². The second-order valence-electron chi connectivity index (χ2n) is 9.51. The lowest BCUT2D eigenvalue weighted by Crippen LogP contribution is -2.52. The number of carbonyl (C=O) groups excluding carboxylic acids is 3. The lowest BCUT2D eigenvalue weighted by atomic mass is 9.97. The van der Waals surface area contributed by atoms with Crippen molar-refractivity contribution in [2.75, 3.05) is 19.8 Å². The van der Waals surface area contributed by atoms with Crippen LogP contribution in [-0.4, -0.2) is 78.9 Å². The summed E-state index contributed by atoms with van der Waals surface area (Å²) in [6, 6.07) is 8.15. The van der Waals surface area contributed by atoms with Crippen molar-refractivity contribution in [2.45, 2.75) is 76.5 Å². The first-order valence-electron chi connectivity index (χ1n) is 13.0. The van der Waals surface area contributed by atoms with Crippen molar-refractivity contribution in [3.63, 3.8) is 0 Å². The number of para-hydroxylation sites is 1. The van der Waals surface area contributed by atoms with Gasteiger partial charge >= 0.3 is 13.8 Å². The van der Waals surface area contributed by atoms with Gasteiger partial charge in [-0.3, -0.25) is 28.3 Å². The monoisotopic (exact) mass is 585 g/mol. The summed E-state index contributed by atoms with van der Waals surface area (Å²) in [4.78, 5) is 37.3. The van der Waals surface area contributed by atoms with E-state index in [-0.39, 0.29) is 12.2 Å². The fourth-order valence-electron chi connectivity index (χ4n) is 4.44. The van der Waals surface area contributed by atoms with Gasteiger partial charge in [0.25, 0.3) is 0 Å². The number of phosphoric ester groups is 1. The normalized spacial score (nSPS) is 29.4. The van der Waals surface area contributed by atoms with Crippen molar-refractivity contribution in [1.82, 2.24) is 4.90 Å². The molecule has 40 heavy (non-hydrogen) atoms. The molecule has 3 aliphatic heterocycles. The average Bonchev–Trinajstić information content (AvgIpc) is 3.54. The highest BCUT2D eigenvalue weighted by atomic mass is 31.2. The molecule has 1 amide bonds. The van der Waals surface area contributed by atoms with Crippen LogP contribution >= 0.6 is 7.82 Å². The van der Waals surface area contributed by atoms with Gasteiger partial charge < -0.3 is 23.5 Å². The van der Waals surface area contributed by atoms with E-state index in [1.54, 1.807) is 37.3 Å². The van der Waals surface area contributed by atoms with Gasteiger partial charge in [-0.1, -0.05) is 32.0 Å². The van der Waals surface area contributed by atoms with E-state index in [1.807, 2.05) is 0 Å². The number of benzene rings is 1. The predicted molar refractivity (Wildman–Crippen MR) is 135 cm³/mol. The summed E-state index contributed by atoms with van der Waals surface area (Å²) in [6.07, 6.45) is -4.02. The molecule has 6 atom stereocenters. The second-order valence-corrected chi connectivity index (χ2v) is 11.1. The number of ketones is 1. The van der Waals surface area contributed by atoms with Crippen LogP contribution in [0.5, 0.6) is 5.75 Å². The fourth-order valence-corrected chi connectivity index (χ4v) is 5.88. The van der Waals surface area contributed by atoms with Gasteiger partial charge in [-0.05, 0) is 31.6 Å². The zero-order chi connectivity index (χ0) is 28.9. The average molecular weight is 586 g/mol. The first-order chi connectivity index (χ1) is 19.1. The van der Waals surface area contributed by atoms with Crippen LogP contribution in [0.15, 0.2) is 42.6 Å². The zero-order valence-corrected chi connectivity index (χ0v) is 23.3. The molecule has 0 saturated carbocycles. The molecule has 0 N–H and O–H groups in total. The quantitative estimate of drug-likeness (QED) is 0.203. The van der Waals surface area contributed by atoms with Crippen LogP contribution < -0.4 is 4.52 Å². The van der Waals surface area contributed by atoms with E-state index in [2.05, 4.69) is 0 Å². The Morgan fingerprint density at radius 2 is 1.90 bits per heavy atom. The molecule has 4 rings (SSSR count). The molecule has 0 radical (unpaired) electrons. The van der Waals surface area contributed by atoms with Crippen molar-refractivity contribution in [1.29, 1.82) is 0 Å². The van der Waals surface area contributed by atoms with Gasteiger partial charge in [-0.25, -0.2) is 8.96 Å². The molecule has 0 spiro atoms. The van der Waals surface area contributed by atoms with Gasteiger partial charge in [-0.15, -0.1) is 0 Å². The van der Waals surface area contributed by atoms with Gasteiger partial charge in [0.1, 0.15) is 18.0 Å². The summed E-state index contributed by atoms with van der Waals surface area (Å²) in [6.45, 7) is 4.49. The minimum atomic E-state index is -4.44. The molecule has 2 saturated heterocycles. The minimum absolute atomic E-state index is 0.0554. The number of carbonyl (C=O) groups is 3. The summed E-state index contributed by atoms with van der Waals surface area (Å²) in [5.41, 5.74) is -2.43. The standard InChI is InChI=1S/C26H33FNO11P/c1-4-19(24-33-13-14-34-24)39-40(32,38-18-9-7-6-8-10-18)35-16-20-23(37-22(31)5-2)26(3,27)25(36-20)28-12-11-17(29)15-21(28)30/h6-12,19-20,23-25H,4-5,13-16H2,1-3H3/t19-,20-,23-,25-,26-,40?/m1/s1. The molecule has 0 aliphatic carbocycles. The van der Waals surface area contributed by atoms with Crippen molar-refractivity contribution >= 4 is 25.5 Å². The van der Waals surface area contributed by atoms with Crippen LogP contribution in [0.2, 0.25) is 0 Å². The first-order valence-corrected chi connectivity index (χ1v) is 14.5. The highest BCUT2D eigenvalue weighted by Crippen LogP contribution is 2.52. The van der Waals surface area contributed by atoms with Gasteiger partial charge in [0, 0.05) is 12.6 Å². The zero-order valence-electron chi connectivity index (χ0n) is 22.4. The SMILES string of the molecule is CCC(=O)O[C@@H]1[C@@H](COP(=O)(Oc2ccccc2)O[C@H](CC)C2OCCO2)O[C@@H](N2C=CC(=O)CC2=O)[C@]1(C)F. The van der Waals surface area contributed by atoms with E-state index in [9.17, 15) is 18.9 Å². The van der Waals surface area contributed by atoms with Gasteiger partial charge in [0.05, 0.1) is 26.2 Å². The maximum absolute atomic E-state index is 16.2. The maximum atomic E-state index is 16.2. The summed E-state index contributed by atoms with van der Waals surface area (Å²) in [5.74, 6) is -1.67. The maximum Gasteiger partial charge on any atom is 0.530 e. The van der Waals surface area contributed by atoms with Crippen LogP contribution in [-0.2, 0) is 46.9 Å². The fraction of sp³-hybridized carbons (Fsp3) is 0.577. The van der Waals surface area contributed by atoms with Crippen molar-refractivity contribution in [2.24, 2.45) is 0 Å². The molecule has 12 nitrogen and oxygen atoms in total. The number of hydrogen-bond donors (Lipinski definition) is 0. The summed E-state index contributed by atoms with van der Waals surface area (Å²) in [7, 11) is -4.44. The number of rotatable bonds is 12. The van der Waals surface area contributed by atoms with Gasteiger partial charge in [0.15, 0.2) is 30.1 Å². The molecular formula is C26H33FNO11P. The molecule has 0 bridgehead atoms. The Morgan fingerprint density at radius 1 is 1.20 bits per heavy atom. The molecule has 3 heterocycles. The Morgan fingerprint density at radius 3 is 2.52 bits per heavy atom. The Bertz CT molecular complexity index is 1140. The predicted octanol–water partition coefficient (Wildman–Crippen LogP) is 3.45. The number of ether oxygens (including phenoxy) is 4. The van der Waals surface area contributed by atoms with E-state index in [1.165, 1.54) is 6.92 Å². The van der Waals surface area contributed by atoms with E-state index in [0.717, 1.165) is 24.1 Å². The van der Waals surface area contributed by atoms with Gasteiger partial charge in [-0.2, -0.15) is 0 Å². The van der Waals surface area contributed by atoms with Crippen LogP contribution in [0, 0.1) is 0 Å². The van der Waals surface area contributed by atoms with E-state index < -0.39 is 75.0 Å². The number of allylic oxidation sites excluding steroid dienone is 1. The molecule has 1 aromatic carbocycles. The number of alkyl halides is 1. The minimum Gasteiger partial charge on any atom is -0.456 e. The second kappa shape index (κ2) is 12.9. The number of amides is 1. The smallest absolute Gasteiger partial charge is 0.456 e. The number of hydrogen-bond acceptors (Lipinski definition) is 11. The number of nitrogens with zero attached hydrogens (tertiary/aromatic N) is 1. The lowest BCUT2D eigenvalue weighted by Gasteiger charge is -2.33. The lowest BCUT2D eigenvalue weighted by molar-refractivity contribution is -0.158. The van der Waals surface area contributed by atoms with Crippen molar-refractivity contribution in [3.8, 4) is 5.75 Å². The molecule has 1 aromatic rings. The Balaban J connectivity index is 1.58. The summed E-state index contributed by atoms with van der Waals surface area (Å²) >= 11 is 0. The third kappa shape index (κ3) is 6.96. The molecule has 0 aromatic heterocycles. The Labute approximate surface area is 231 Å². The van der Waals surface area contributed by atoms with Crippen molar-refractivity contribution in [3.05, 3.63) is 42.6 Å². The Kier molecular flexibility index (Phi) is 9.76. The van der Waals surface area contributed by atoms with Gasteiger partial charge in [0.2, 0.25) is 5.91 Å². The number of phosphoric acid groups is 1. The van der Waals surface area contributed by atoms with Crippen molar-refractivity contribution < 1.29 is 55.9 Å². The largest absolute Gasteiger partial charge is 0.530 e. The first kappa shape index (κ1) is 30.3. The molecule has 1 unspecified atom stereocenters. The third-order valence-corrected chi connectivity index (χ3v) is 7.92. The van der Waals surface area contributed by atoms with Crippen LogP contribution in [0.4, 0.5) is 4.39 Å². The summed E-state index contributed by atoms with van der Waals surface area (Å²) in [5, 5.41) is 0. The topological polar surface area (TPSA) is 136 Å². The summed E-state index contributed by atoms with van der Waals surface area (Å²) < 4.78 is 69.5.